The average molecular weight is 219 g/mol. The van der Waals surface area contributed by atoms with Gasteiger partial charge in [0.2, 0.25) is 0 Å². The summed E-state index contributed by atoms with van der Waals surface area (Å²) in [5, 5.41) is 3.63. The summed E-state index contributed by atoms with van der Waals surface area (Å²) in [6.07, 6.45) is 2.54. The lowest BCUT2D eigenvalue weighted by molar-refractivity contribution is 0.422. The van der Waals surface area contributed by atoms with Crippen LogP contribution in [-0.2, 0) is 0 Å². The molecule has 1 aromatic rings. The lowest BCUT2D eigenvalue weighted by atomic mass is 10.0. The summed E-state index contributed by atoms with van der Waals surface area (Å²) in [5.41, 5.74) is 2.74. The molecule has 1 heteroatoms. The van der Waals surface area contributed by atoms with Crippen LogP contribution in [-0.4, -0.2) is 6.54 Å². The summed E-state index contributed by atoms with van der Waals surface area (Å²) in [4.78, 5) is 0. The van der Waals surface area contributed by atoms with Gasteiger partial charge in [-0.3, -0.25) is 0 Å². The van der Waals surface area contributed by atoms with E-state index in [-0.39, 0.29) is 0 Å². The molecule has 90 valence electrons. The van der Waals surface area contributed by atoms with E-state index < -0.39 is 0 Å². The van der Waals surface area contributed by atoms with Crippen molar-refractivity contribution in [2.75, 3.05) is 6.54 Å². The Morgan fingerprint density at radius 3 is 2.44 bits per heavy atom. The van der Waals surface area contributed by atoms with E-state index in [0.29, 0.717) is 6.04 Å². The van der Waals surface area contributed by atoms with Crippen LogP contribution >= 0.6 is 0 Å². The van der Waals surface area contributed by atoms with Crippen LogP contribution in [0.15, 0.2) is 24.3 Å². The predicted molar refractivity (Wildman–Crippen MR) is 71.7 cm³/mol. The van der Waals surface area contributed by atoms with E-state index in [0.717, 1.165) is 12.5 Å². The van der Waals surface area contributed by atoms with Crippen LogP contribution in [0.25, 0.3) is 0 Å². The van der Waals surface area contributed by atoms with E-state index in [2.05, 4.69) is 57.3 Å². The van der Waals surface area contributed by atoms with E-state index in [1.165, 1.54) is 24.0 Å². The van der Waals surface area contributed by atoms with Crippen molar-refractivity contribution in [2.45, 2.75) is 46.6 Å². The quantitative estimate of drug-likeness (QED) is 0.760. The van der Waals surface area contributed by atoms with Crippen LogP contribution in [0, 0.1) is 12.8 Å². The molecule has 0 bridgehead atoms. The molecule has 0 aliphatic heterocycles. The highest BCUT2D eigenvalue weighted by molar-refractivity contribution is 5.24. The number of rotatable bonds is 6. The van der Waals surface area contributed by atoms with Crippen molar-refractivity contribution in [1.29, 1.82) is 0 Å². The van der Waals surface area contributed by atoms with Crippen molar-refractivity contribution >= 4 is 0 Å². The Balaban J connectivity index is 2.49. The van der Waals surface area contributed by atoms with Gasteiger partial charge in [-0.05, 0) is 31.9 Å². The van der Waals surface area contributed by atoms with E-state index in [1.54, 1.807) is 0 Å². The molecule has 1 N–H and O–H groups in total. The van der Waals surface area contributed by atoms with E-state index in [4.69, 9.17) is 0 Å². The van der Waals surface area contributed by atoms with Crippen LogP contribution in [0.3, 0.4) is 0 Å². The third-order valence-corrected chi connectivity index (χ3v) is 3.41. The first-order valence-electron chi connectivity index (χ1n) is 6.47. The van der Waals surface area contributed by atoms with Gasteiger partial charge in [0.15, 0.2) is 0 Å². The Kier molecular flexibility index (Phi) is 5.54. The summed E-state index contributed by atoms with van der Waals surface area (Å²) in [7, 11) is 0. The van der Waals surface area contributed by atoms with Crippen LogP contribution in [0.1, 0.15) is 50.8 Å². The zero-order chi connectivity index (χ0) is 12.0. The molecule has 0 fully saturated rings. The first-order chi connectivity index (χ1) is 7.67. The number of hydrogen-bond acceptors (Lipinski definition) is 1. The molecule has 0 unspecified atom stereocenters. The Labute approximate surface area is 100 Å². The Morgan fingerprint density at radius 1 is 1.19 bits per heavy atom. The molecule has 16 heavy (non-hydrogen) atoms. The highest BCUT2D eigenvalue weighted by Crippen LogP contribution is 2.15. The van der Waals surface area contributed by atoms with E-state index in [1.807, 2.05) is 0 Å². The monoisotopic (exact) mass is 219 g/mol. The zero-order valence-electron chi connectivity index (χ0n) is 11.1. The van der Waals surface area contributed by atoms with Crippen LogP contribution in [0.2, 0.25) is 0 Å². The van der Waals surface area contributed by atoms with Gasteiger partial charge in [-0.2, -0.15) is 0 Å². The predicted octanol–water partition coefficient (Wildman–Crippen LogP) is 4.08. The molecule has 0 aromatic heterocycles. The van der Waals surface area contributed by atoms with Gasteiger partial charge in [-0.1, -0.05) is 56.5 Å². The van der Waals surface area contributed by atoms with Gasteiger partial charge in [0, 0.05) is 6.04 Å². The molecule has 0 aliphatic rings. The Hall–Kier alpha value is -0.820. The fourth-order valence-electron chi connectivity index (χ4n) is 1.98. The second-order valence-electron chi connectivity index (χ2n) is 4.73. The molecule has 0 saturated carbocycles. The molecule has 0 radical (unpaired) electrons. The van der Waals surface area contributed by atoms with Gasteiger partial charge >= 0.3 is 0 Å². The molecular formula is C15H25N. The SMILES string of the molecule is CCC(CC)CN[C@@H](C)c1cccc(C)c1. The van der Waals surface area contributed by atoms with E-state index >= 15 is 0 Å². The molecule has 1 nitrogen and oxygen atoms in total. The minimum Gasteiger partial charge on any atom is -0.310 e. The van der Waals surface area contributed by atoms with Gasteiger partial charge < -0.3 is 5.32 Å². The van der Waals surface area contributed by atoms with Crippen molar-refractivity contribution in [1.82, 2.24) is 5.32 Å². The minimum absolute atomic E-state index is 0.459. The maximum Gasteiger partial charge on any atom is 0.0292 e. The molecule has 0 amide bonds. The summed E-state index contributed by atoms with van der Waals surface area (Å²) in [6.45, 7) is 10.1. The van der Waals surface area contributed by atoms with E-state index in [9.17, 15) is 0 Å². The van der Waals surface area contributed by atoms with Crippen molar-refractivity contribution < 1.29 is 0 Å². The lowest BCUT2D eigenvalue weighted by Gasteiger charge is -2.19. The van der Waals surface area contributed by atoms with Crippen molar-refractivity contribution in [3.8, 4) is 0 Å². The molecule has 0 aliphatic carbocycles. The normalized spacial score (nSPS) is 13.1. The van der Waals surface area contributed by atoms with Gasteiger partial charge in [-0.15, -0.1) is 0 Å². The van der Waals surface area contributed by atoms with Crippen LogP contribution in [0.4, 0.5) is 0 Å². The van der Waals surface area contributed by atoms with Gasteiger partial charge in [0.1, 0.15) is 0 Å². The third kappa shape index (κ3) is 3.97. The molecule has 1 atom stereocenters. The maximum absolute atomic E-state index is 3.63. The zero-order valence-corrected chi connectivity index (χ0v) is 11.1. The number of nitrogens with one attached hydrogen (secondary N) is 1. The number of aryl methyl sites for hydroxylation is 1. The van der Waals surface area contributed by atoms with Gasteiger partial charge in [-0.25, -0.2) is 0 Å². The minimum atomic E-state index is 0.459. The second kappa shape index (κ2) is 6.70. The standard InChI is InChI=1S/C15H25N/c1-5-14(6-2)11-16-13(4)15-9-7-8-12(3)10-15/h7-10,13-14,16H,5-6,11H2,1-4H3/t13-/m0/s1. The fourth-order valence-corrected chi connectivity index (χ4v) is 1.98. The first-order valence-corrected chi connectivity index (χ1v) is 6.47. The molecule has 0 heterocycles. The topological polar surface area (TPSA) is 12.0 Å². The largest absolute Gasteiger partial charge is 0.310 e. The van der Waals surface area contributed by atoms with Crippen molar-refractivity contribution in [3.63, 3.8) is 0 Å². The highest BCUT2D eigenvalue weighted by atomic mass is 14.9. The van der Waals surface area contributed by atoms with Crippen LogP contribution in [0.5, 0.6) is 0 Å². The van der Waals surface area contributed by atoms with Crippen molar-refractivity contribution in [3.05, 3.63) is 35.4 Å². The summed E-state index contributed by atoms with van der Waals surface area (Å²) in [6, 6.07) is 9.22. The Bertz CT molecular complexity index is 302. The second-order valence-corrected chi connectivity index (χ2v) is 4.73. The molecule has 0 saturated heterocycles. The van der Waals surface area contributed by atoms with Crippen molar-refractivity contribution in [2.24, 2.45) is 5.92 Å². The average Bonchev–Trinajstić information content (AvgIpc) is 2.30. The number of benzene rings is 1. The molecule has 1 rings (SSSR count). The molecular weight excluding hydrogens is 194 g/mol. The highest BCUT2D eigenvalue weighted by Gasteiger charge is 2.08. The van der Waals surface area contributed by atoms with Crippen LogP contribution < -0.4 is 5.32 Å². The summed E-state index contributed by atoms with van der Waals surface area (Å²) < 4.78 is 0. The lowest BCUT2D eigenvalue weighted by Crippen LogP contribution is -2.25. The van der Waals surface area contributed by atoms with Gasteiger partial charge in [0.25, 0.3) is 0 Å². The third-order valence-electron chi connectivity index (χ3n) is 3.41. The smallest absolute Gasteiger partial charge is 0.0292 e. The molecule has 1 aromatic carbocycles. The van der Waals surface area contributed by atoms with Gasteiger partial charge in [0.05, 0.1) is 0 Å². The summed E-state index contributed by atoms with van der Waals surface area (Å²) in [5.74, 6) is 0.812. The fraction of sp³-hybridized carbons (Fsp3) is 0.600. The summed E-state index contributed by atoms with van der Waals surface area (Å²) >= 11 is 0. The number of hydrogen-bond donors (Lipinski definition) is 1. The first kappa shape index (κ1) is 13.2. The molecule has 0 spiro atoms. The maximum atomic E-state index is 3.63. The Morgan fingerprint density at radius 2 is 1.88 bits per heavy atom.